The molecule has 1 amide bonds. The van der Waals surface area contributed by atoms with E-state index in [9.17, 15) is 9.59 Å². The van der Waals surface area contributed by atoms with Crippen LogP contribution in [0.1, 0.15) is 16.1 Å². The summed E-state index contributed by atoms with van der Waals surface area (Å²) in [6.45, 7) is -0.0714. The molecular weight excluding hydrogens is 330 g/mol. The molecule has 0 fully saturated rings. The molecule has 122 valence electrons. The van der Waals surface area contributed by atoms with Gasteiger partial charge in [0.05, 0.1) is 0 Å². The molecule has 0 atom stereocenters. The van der Waals surface area contributed by atoms with Crippen LogP contribution in [0.25, 0.3) is 11.0 Å². The monoisotopic (exact) mass is 343 g/mol. The van der Waals surface area contributed by atoms with Crippen LogP contribution in [0.4, 0.5) is 0 Å². The second-order valence-electron chi connectivity index (χ2n) is 5.13. The van der Waals surface area contributed by atoms with Crippen molar-refractivity contribution in [1.82, 2.24) is 5.32 Å². The number of furan rings is 1. The van der Waals surface area contributed by atoms with Gasteiger partial charge in [-0.1, -0.05) is 41.9 Å². The molecular formula is C18H14ClNO4. The van der Waals surface area contributed by atoms with Gasteiger partial charge < -0.3 is 14.5 Å². The van der Waals surface area contributed by atoms with E-state index >= 15 is 0 Å². The summed E-state index contributed by atoms with van der Waals surface area (Å²) in [6, 6.07) is 16.0. The van der Waals surface area contributed by atoms with E-state index in [2.05, 4.69) is 5.32 Å². The summed E-state index contributed by atoms with van der Waals surface area (Å²) in [5.41, 5.74) is 1.45. The summed E-state index contributed by atoms with van der Waals surface area (Å²) in [5, 5.41) is 4.05. The molecule has 1 aromatic heterocycles. The molecule has 0 spiro atoms. The molecule has 5 nitrogen and oxygen atoms in total. The average molecular weight is 344 g/mol. The topological polar surface area (TPSA) is 68.5 Å². The van der Waals surface area contributed by atoms with Gasteiger partial charge in [-0.05, 0) is 29.8 Å². The smallest absolute Gasteiger partial charge is 0.374 e. The van der Waals surface area contributed by atoms with Crippen molar-refractivity contribution in [3.8, 4) is 0 Å². The standard InChI is InChI=1S/C18H14ClNO4/c19-14-6-3-4-12(8-14)10-20-17(21)11-23-18(22)16-9-13-5-1-2-7-15(13)24-16/h1-9H,10-11H2,(H,20,21). The molecule has 0 bridgehead atoms. The number of carbonyl (C=O) groups is 2. The van der Waals surface area contributed by atoms with Gasteiger partial charge in [-0.3, -0.25) is 4.79 Å². The molecule has 6 heteroatoms. The molecule has 1 N–H and O–H groups in total. The number of para-hydroxylation sites is 1. The third-order valence-corrected chi connectivity index (χ3v) is 3.57. The van der Waals surface area contributed by atoms with E-state index in [-0.39, 0.29) is 12.4 Å². The molecule has 0 saturated carbocycles. The van der Waals surface area contributed by atoms with E-state index in [1.807, 2.05) is 24.3 Å². The van der Waals surface area contributed by atoms with Crippen molar-refractivity contribution in [3.63, 3.8) is 0 Å². The van der Waals surface area contributed by atoms with Gasteiger partial charge >= 0.3 is 5.97 Å². The van der Waals surface area contributed by atoms with Crippen LogP contribution in [0.15, 0.2) is 59.0 Å². The lowest BCUT2D eigenvalue weighted by Gasteiger charge is -2.06. The molecule has 0 radical (unpaired) electrons. The van der Waals surface area contributed by atoms with E-state index in [4.69, 9.17) is 20.8 Å². The molecule has 3 rings (SSSR count). The highest BCUT2D eigenvalue weighted by Gasteiger charge is 2.15. The Kier molecular flexibility index (Phi) is 4.82. The molecule has 0 aliphatic rings. The molecule has 0 aliphatic carbocycles. The molecule has 2 aromatic carbocycles. The van der Waals surface area contributed by atoms with Crippen molar-refractivity contribution < 1.29 is 18.7 Å². The minimum absolute atomic E-state index is 0.0684. The van der Waals surface area contributed by atoms with E-state index in [1.54, 1.807) is 30.3 Å². The summed E-state index contributed by atoms with van der Waals surface area (Å²) < 4.78 is 10.3. The van der Waals surface area contributed by atoms with Gasteiger partial charge in [0.25, 0.3) is 5.91 Å². The maximum Gasteiger partial charge on any atom is 0.374 e. The van der Waals surface area contributed by atoms with Crippen LogP contribution in [0.3, 0.4) is 0 Å². The van der Waals surface area contributed by atoms with Crippen LogP contribution in [-0.2, 0) is 16.1 Å². The Morgan fingerprint density at radius 1 is 1.08 bits per heavy atom. The van der Waals surface area contributed by atoms with Crippen LogP contribution in [0.5, 0.6) is 0 Å². The van der Waals surface area contributed by atoms with Gasteiger partial charge in [-0.2, -0.15) is 0 Å². The van der Waals surface area contributed by atoms with E-state index in [0.717, 1.165) is 10.9 Å². The Balaban J connectivity index is 1.51. The van der Waals surface area contributed by atoms with E-state index < -0.39 is 11.9 Å². The second-order valence-corrected chi connectivity index (χ2v) is 5.57. The van der Waals surface area contributed by atoms with Crippen molar-refractivity contribution in [2.75, 3.05) is 6.61 Å². The summed E-state index contributed by atoms with van der Waals surface area (Å²) in [6.07, 6.45) is 0. The van der Waals surface area contributed by atoms with Crippen molar-refractivity contribution >= 4 is 34.4 Å². The van der Waals surface area contributed by atoms with Crippen LogP contribution >= 0.6 is 11.6 Å². The molecule has 24 heavy (non-hydrogen) atoms. The van der Waals surface area contributed by atoms with Gasteiger partial charge in [-0.15, -0.1) is 0 Å². The van der Waals surface area contributed by atoms with Crippen molar-refractivity contribution in [1.29, 1.82) is 0 Å². The molecule has 0 unspecified atom stereocenters. The number of halogens is 1. The number of rotatable bonds is 5. The van der Waals surface area contributed by atoms with Gasteiger partial charge in [0.2, 0.25) is 5.76 Å². The first-order valence-electron chi connectivity index (χ1n) is 7.29. The number of benzene rings is 2. The predicted molar refractivity (Wildman–Crippen MR) is 89.8 cm³/mol. The predicted octanol–water partition coefficient (Wildman–Crippen LogP) is 3.56. The number of amides is 1. The highest BCUT2D eigenvalue weighted by Crippen LogP contribution is 2.19. The zero-order valence-electron chi connectivity index (χ0n) is 12.6. The third kappa shape index (κ3) is 3.94. The second kappa shape index (κ2) is 7.19. The van der Waals surface area contributed by atoms with Gasteiger partial charge in [0.1, 0.15) is 5.58 Å². The van der Waals surface area contributed by atoms with Crippen LogP contribution in [0.2, 0.25) is 5.02 Å². The summed E-state index contributed by atoms with van der Waals surface area (Å²) in [5.74, 6) is -1.01. The Hall–Kier alpha value is -2.79. The first kappa shape index (κ1) is 16.1. The lowest BCUT2D eigenvalue weighted by atomic mass is 10.2. The Morgan fingerprint density at radius 2 is 1.92 bits per heavy atom. The summed E-state index contributed by atoms with van der Waals surface area (Å²) in [4.78, 5) is 23.7. The normalized spacial score (nSPS) is 10.5. The summed E-state index contributed by atoms with van der Waals surface area (Å²) >= 11 is 5.87. The van der Waals surface area contributed by atoms with Crippen molar-refractivity contribution in [2.45, 2.75) is 6.54 Å². The number of hydrogen-bond donors (Lipinski definition) is 1. The lowest BCUT2D eigenvalue weighted by Crippen LogP contribution is -2.28. The van der Waals surface area contributed by atoms with E-state index in [0.29, 0.717) is 17.2 Å². The third-order valence-electron chi connectivity index (χ3n) is 3.34. The number of hydrogen-bond acceptors (Lipinski definition) is 4. The number of nitrogens with one attached hydrogen (secondary N) is 1. The zero-order chi connectivity index (χ0) is 16.9. The van der Waals surface area contributed by atoms with Crippen molar-refractivity contribution in [2.24, 2.45) is 0 Å². The fourth-order valence-electron chi connectivity index (χ4n) is 2.18. The molecule has 0 saturated heterocycles. The van der Waals surface area contributed by atoms with Crippen LogP contribution in [0, 0.1) is 0 Å². The van der Waals surface area contributed by atoms with Crippen molar-refractivity contribution in [3.05, 3.63) is 70.9 Å². The minimum Gasteiger partial charge on any atom is -0.450 e. The fourth-order valence-corrected chi connectivity index (χ4v) is 2.40. The molecule has 1 heterocycles. The fraction of sp³-hybridized carbons (Fsp3) is 0.111. The first-order chi connectivity index (χ1) is 11.6. The first-order valence-corrected chi connectivity index (χ1v) is 7.66. The van der Waals surface area contributed by atoms with Gasteiger partial charge in [-0.25, -0.2) is 4.79 Å². The maximum absolute atomic E-state index is 11.9. The SMILES string of the molecule is O=C(COC(=O)c1cc2ccccc2o1)NCc1cccc(Cl)c1. The Labute approximate surface area is 143 Å². The average Bonchev–Trinajstić information content (AvgIpc) is 3.02. The molecule has 0 aliphatic heterocycles. The largest absolute Gasteiger partial charge is 0.450 e. The Morgan fingerprint density at radius 3 is 2.71 bits per heavy atom. The number of esters is 1. The van der Waals surface area contributed by atoms with Crippen LogP contribution in [-0.4, -0.2) is 18.5 Å². The number of fused-ring (bicyclic) bond motifs is 1. The van der Waals surface area contributed by atoms with E-state index in [1.165, 1.54) is 0 Å². The summed E-state index contributed by atoms with van der Waals surface area (Å²) in [7, 11) is 0. The number of ether oxygens (including phenoxy) is 1. The Bertz CT molecular complexity index is 854. The molecule has 3 aromatic rings. The highest BCUT2D eigenvalue weighted by molar-refractivity contribution is 6.30. The van der Waals surface area contributed by atoms with Crippen LogP contribution < -0.4 is 5.32 Å². The zero-order valence-corrected chi connectivity index (χ0v) is 13.4. The maximum atomic E-state index is 11.9. The minimum atomic E-state index is -0.677. The quantitative estimate of drug-likeness (QED) is 0.719. The highest BCUT2D eigenvalue weighted by atomic mass is 35.5. The lowest BCUT2D eigenvalue weighted by molar-refractivity contribution is -0.124. The number of carbonyl (C=O) groups excluding carboxylic acids is 2. The van der Waals surface area contributed by atoms with Gasteiger partial charge in [0.15, 0.2) is 6.61 Å². The van der Waals surface area contributed by atoms with Gasteiger partial charge in [0, 0.05) is 17.0 Å².